The molecule has 3 aliphatic rings. The van der Waals surface area contributed by atoms with Gasteiger partial charge in [0.25, 0.3) is 0 Å². The van der Waals surface area contributed by atoms with Crippen LogP contribution in [-0.4, -0.2) is 10.2 Å². The van der Waals surface area contributed by atoms with E-state index in [-0.39, 0.29) is 4.87 Å². The number of furan rings is 1. The molecule has 0 unspecified atom stereocenters. The standard InChI is InChI=1S/C15H15NO2S2/c17-15-16-14-13(20-15)11(9-2-1-5-18-9)10-7-3-4-8(6-7)12(10)19-14/h1-2,5,7-8,10-12H,3-4,6H2,(H,16,17)/t7-,8+,10-,11-,12+/m1/s1. The van der Waals surface area contributed by atoms with Gasteiger partial charge in [0.1, 0.15) is 5.76 Å². The topological polar surface area (TPSA) is 46.0 Å². The van der Waals surface area contributed by atoms with Gasteiger partial charge in [0.05, 0.1) is 22.1 Å². The van der Waals surface area contributed by atoms with Gasteiger partial charge in [0.2, 0.25) is 0 Å². The highest BCUT2D eigenvalue weighted by atomic mass is 32.2. The third-order valence-electron chi connectivity index (χ3n) is 5.32. The minimum absolute atomic E-state index is 0.0753. The van der Waals surface area contributed by atoms with Crippen LogP contribution in [0.5, 0.6) is 0 Å². The molecule has 2 bridgehead atoms. The van der Waals surface area contributed by atoms with Crippen molar-refractivity contribution in [3.8, 4) is 0 Å². The van der Waals surface area contributed by atoms with Gasteiger partial charge in [-0.1, -0.05) is 11.3 Å². The number of thioether (sulfide) groups is 1. The molecule has 2 aromatic rings. The van der Waals surface area contributed by atoms with Crippen molar-refractivity contribution >= 4 is 23.1 Å². The molecule has 0 saturated heterocycles. The monoisotopic (exact) mass is 305 g/mol. The number of H-pyrrole nitrogens is 1. The lowest BCUT2D eigenvalue weighted by atomic mass is 9.77. The van der Waals surface area contributed by atoms with Crippen LogP contribution in [0.2, 0.25) is 0 Å². The first-order chi connectivity index (χ1) is 9.81. The van der Waals surface area contributed by atoms with Crippen molar-refractivity contribution in [1.82, 2.24) is 4.98 Å². The Balaban J connectivity index is 1.71. The molecule has 2 fully saturated rings. The predicted molar refractivity (Wildman–Crippen MR) is 79.5 cm³/mol. The minimum Gasteiger partial charge on any atom is -0.469 e. The van der Waals surface area contributed by atoms with E-state index in [0.29, 0.717) is 17.1 Å². The fourth-order valence-electron chi connectivity index (χ4n) is 4.64. The zero-order valence-corrected chi connectivity index (χ0v) is 12.5. The van der Waals surface area contributed by atoms with Crippen molar-refractivity contribution in [3.05, 3.63) is 38.7 Å². The van der Waals surface area contributed by atoms with Crippen LogP contribution in [0.25, 0.3) is 0 Å². The van der Waals surface area contributed by atoms with Crippen LogP contribution < -0.4 is 4.87 Å². The lowest BCUT2D eigenvalue weighted by Gasteiger charge is -2.38. The Morgan fingerprint density at radius 2 is 2.20 bits per heavy atom. The molecule has 3 heterocycles. The van der Waals surface area contributed by atoms with Gasteiger partial charge in [-0.05, 0) is 49.1 Å². The molecule has 0 radical (unpaired) electrons. The van der Waals surface area contributed by atoms with Crippen LogP contribution in [0.1, 0.15) is 35.8 Å². The van der Waals surface area contributed by atoms with Crippen molar-refractivity contribution in [2.75, 3.05) is 0 Å². The number of hydrogen-bond donors (Lipinski definition) is 1. The summed E-state index contributed by atoms with van der Waals surface area (Å²) < 4.78 is 5.74. The molecule has 1 N–H and O–H groups in total. The Morgan fingerprint density at radius 3 is 3.05 bits per heavy atom. The molecule has 1 aliphatic heterocycles. The molecule has 104 valence electrons. The summed E-state index contributed by atoms with van der Waals surface area (Å²) >= 11 is 3.31. The Bertz CT molecular complexity index is 702. The molecule has 5 heteroatoms. The predicted octanol–water partition coefficient (Wildman–Crippen LogP) is 3.68. The Hall–Kier alpha value is -0.940. The molecule has 2 aromatic heterocycles. The summed E-state index contributed by atoms with van der Waals surface area (Å²) in [5, 5.41) is 1.77. The Labute approximate surface area is 124 Å². The van der Waals surface area contributed by atoms with Crippen molar-refractivity contribution in [1.29, 1.82) is 0 Å². The summed E-state index contributed by atoms with van der Waals surface area (Å²) in [6.45, 7) is 0. The molecule has 5 atom stereocenters. The van der Waals surface area contributed by atoms with Gasteiger partial charge in [-0.3, -0.25) is 4.79 Å². The van der Waals surface area contributed by atoms with E-state index >= 15 is 0 Å². The molecular weight excluding hydrogens is 290 g/mol. The molecule has 3 nitrogen and oxygen atoms in total. The summed E-state index contributed by atoms with van der Waals surface area (Å²) in [5.74, 6) is 3.65. The summed E-state index contributed by atoms with van der Waals surface area (Å²) in [4.78, 5) is 16.1. The number of aromatic nitrogens is 1. The average Bonchev–Trinajstić information content (AvgIpc) is 3.19. The van der Waals surface area contributed by atoms with Gasteiger partial charge in [0, 0.05) is 5.25 Å². The van der Waals surface area contributed by atoms with Gasteiger partial charge in [0.15, 0.2) is 0 Å². The first-order valence-corrected chi connectivity index (χ1v) is 8.94. The maximum absolute atomic E-state index is 11.8. The second kappa shape index (κ2) is 4.04. The van der Waals surface area contributed by atoms with Gasteiger partial charge in [-0.15, -0.1) is 11.8 Å². The van der Waals surface area contributed by atoms with E-state index in [4.69, 9.17) is 4.42 Å². The van der Waals surface area contributed by atoms with Crippen LogP contribution in [0.3, 0.4) is 0 Å². The molecule has 5 rings (SSSR count). The average molecular weight is 305 g/mol. The maximum atomic E-state index is 11.8. The molecule has 20 heavy (non-hydrogen) atoms. The summed E-state index contributed by atoms with van der Waals surface area (Å²) in [7, 11) is 0. The molecule has 0 amide bonds. The lowest BCUT2D eigenvalue weighted by molar-refractivity contribution is 0.283. The van der Waals surface area contributed by atoms with E-state index < -0.39 is 0 Å². The normalized spacial score (nSPS) is 37.9. The number of hydrogen-bond acceptors (Lipinski definition) is 4. The first kappa shape index (κ1) is 11.7. The van der Waals surface area contributed by atoms with Gasteiger partial charge in [-0.25, -0.2) is 0 Å². The molecule has 0 aromatic carbocycles. The fourth-order valence-corrected chi connectivity index (χ4v) is 7.51. The third kappa shape index (κ3) is 1.45. The van der Waals surface area contributed by atoms with E-state index in [9.17, 15) is 4.79 Å². The summed E-state index contributed by atoms with van der Waals surface area (Å²) in [6.07, 6.45) is 5.86. The number of nitrogens with one attached hydrogen (secondary N) is 1. The van der Waals surface area contributed by atoms with Gasteiger partial charge in [-0.2, -0.15) is 0 Å². The number of fused-ring (bicyclic) bond motifs is 6. The molecular formula is C15H15NO2S2. The molecule has 0 spiro atoms. The highest BCUT2D eigenvalue weighted by Crippen LogP contribution is 2.63. The van der Waals surface area contributed by atoms with Crippen LogP contribution in [0.4, 0.5) is 0 Å². The van der Waals surface area contributed by atoms with Crippen LogP contribution in [0, 0.1) is 17.8 Å². The highest BCUT2D eigenvalue weighted by Gasteiger charge is 2.55. The Morgan fingerprint density at radius 1 is 1.30 bits per heavy atom. The quantitative estimate of drug-likeness (QED) is 0.874. The third-order valence-corrected chi connectivity index (χ3v) is 7.94. The highest BCUT2D eigenvalue weighted by molar-refractivity contribution is 8.00. The number of aromatic amines is 1. The minimum atomic E-state index is 0.0753. The first-order valence-electron chi connectivity index (χ1n) is 7.24. The molecule has 2 saturated carbocycles. The SMILES string of the molecule is O=c1[nH]c2c(s1)[C@H](c1ccco1)[C@H]1[C@@H]3CC[C@@H](C3)[C@@H]1S2. The van der Waals surface area contributed by atoms with Crippen LogP contribution in [-0.2, 0) is 0 Å². The Kier molecular flexibility index (Phi) is 2.36. The van der Waals surface area contributed by atoms with Crippen molar-refractivity contribution in [2.45, 2.75) is 35.5 Å². The van der Waals surface area contributed by atoms with E-state index in [1.807, 2.05) is 17.8 Å². The fraction of sp³-hybridized carbons (Fsp3) is 0.533. The van der Waals surface area contributed by atoms with E-state index in [1.54, 1.807) is 6.26 Å². The van der Waals surface area contributed by atoms with Crippen molar-refractivity contribution in [2.24, 2.45) is 17.8 Å². The lowest BCUT2D eigenvalue weighted by Crippen LogP contribution is -2.33. The van der Waals surface area contributed by atoms with Gasteiger partial charge < -0.3 is 9.40 Å². The summed E-state index contributed by atoms with van der Waals surface area (Å²) in [5.41, 5.74) is 0. The zero-order valence-electron chi connectivity index (χ0n) is 10.9. The molecule has 2 aliphatic carbocycles. The van der Waals surface area contributed by atoms with Gasteiger partial charge >= 0.3 is 4.87 Å². The zero-order chi connectivity index (χ0) is 13.3. The van der Waals surface area contributed by atoms with E-state index in [1.165, 1.54) is 35.5 Å². The van der Waals surface area contributed by atoms with E-state index in [0.717, 1.165) is 22.6 Å². The second-order valence-corrected chi connectivity index (χ2v) is 8.40. The smallest absolute Gasteiger partial charge is 0.305 e. The number of thiazole rings is 1. The largest absolute Gasteiger partial charge is 0.469 e. The van der Waals surface area contributed by atoms with Crippen LogP contribution in [0.15, 0.2) is 32.6 Å². The van der Waals surface area contributed by atoms with E-state index in [2.05, 4.69) is 11.1 Å². The van der Waals surface area contributed by atoms with Crippen molar-refractivity contribution in [3.63, 3.8) is 0 Å². The summed E-state index contributed by atoms with van der Waals surface area (Å²) in [6, 6.07) is 4.05. The number of rotatable bonds is 1. The maximum Gasteiger partial charge on any atom is 0.305 e. The van der Waals surface area contributed by atoms with Crippen LogP contribution >= 0.6 is 23.1 Å². The van der Waals surface area contributed by atoms with Crippen molar-refractivity contribution < 1.29 is 4.42 Å². The second-order valence-electron chi connectivity index (χ2n) is 6.19.